The molecule has 198 valence electrons. The predicted octanol–water partition coefficient (Wildman–Crippen LogP) is 3.39. The van der Waals surface area contributed by atoms with Gasteiger partial charge < -0.3 is 10.2 Å². The monoisotopic (exact) mass is 520 g/mol. The number of anilines is 1. The summed E-state index contributed by atoms with van der Waals surface area (Å²) in [6.45, 7) is 6.86. The molecule has 0 fully saturated rings. The second-order valence-electron chi connectivity index (χ2n) is 9.02. The van der Waals surface area contributed by atoms with Crippen LogP contribution < -0.4 is 9.62 Å². The number of hydrogen-bond donors (Lipinski definition) is 1. The van der Waals surface area contributed by atoms with E-state index in [1.54, 1.807) is 32.0 Å². The van der Waals surface area contributed by atoms with Crippen LogP contribution >= 0.6 is 0 Å². The first kappa shape index (κ1) is 29.3. The van der Waals surface area contributed by atoms with Crippen LogP contribution in [0.5, 0.6) is 0 Å². The Morgan fingerprint density at radius 3 is 2.36 bits per heavy atom. The summed E-state index contributed by atoms with van der Waals surface area (Å²) < 4.78 is 43.1. The van der Waals surface area contributed by atoms with Gasteiger partial charge in [-0.3, -0.25) is 9.59 Å². The quantitative estimate of drug-likeness (QED) is 0.435. The van der Waals surface area contributed by atoms with Crippen LogP contribution in [0.15, 0.2) is 42.5 Å². The molecule has 1 atom stereocenters. The number of carbonyl (C=O) groups is 2. The Morgan fingerprint density at radius 1 is 1.08 bits per heavy atom. The molecular weight excluding hydrogens is 483 g/mol. The number of benzene rings is 2. The van der Waals surface area contributed by atoms with Gasteiger partial charge in [0.15, 0.2) is 0 Å². The van der Waals surface area contributed by atoms with Gasteiger partial charge in [-0.2, -0.15) is 12.7 Å². The third kappa shape index (κ3) is 7.27. The number of nitrogens with zero attached hydrogens (tertiary/aromatic N) is 3. The average molecular weight is 521 g/mol. The lowest BCUT2D eigenvalue weighted by Crippen LogP contribution is -2.52. The zero-order valence-corrected chi connectivity index (χ0v) is 22.7. The first-order valence-electron chi connectivity index (χ1n) is 12.0. The molecule has 0 unspecified atom stereocenters. The third-order valence-electron chi connectivity index (χ3n) is 5.95. The maximum Gasteiger partial charge on any atom is 0.304 e. The number of aryl methyl sites for hydroxylation is 2. The molecule has 0 aliphatic heterocycles. The number of rotatable bonds is 12. The number of halogens is 1. The van der Waals surface area contributed by atoms with E-state index in [1.165, 1.54) is 37.2 Å². The standard InChI is InChI=1S/C26H37FN4O4S/c1-7-8-15-28-26(33)21(4)30(17-22-11-9-10-12-23(22)27)25(32)18-31(36(34,35)29(5)6)24-16-19(2)13-14-20(24)3/h9-14,16,21H,7-8,15,17-18H2,1-6H3,(H,28,33)/t21-/m1/s1. The van der Waals surface area contributed by atoms with Gasteiger partial charge in [-0.05, 0) is 50.5 Å². The van der Waals surface area contributed by atoms with Gasteiger partial charge in [-0.25, -0.2) is 8.70 Å². The minimum Gasteiger partial charge on any atom is -0.354 e. The molecule has 0 radical (unpaired) electrons. The topological polar surface area (TPSA) is 90.0 Å². The minimum atomic E-state index is -4.06. The summed E-state index contributed by atoms with van der Waals surface area (Å²) >= 11 is 0. The fourth-order valence-corrected chi connectivity index (χ4v) is 4.73. The van der Waals surface area contributed by atoms with E-state index in [0.29, 0.717) is 17.8 Å². The van der Waals surface area contributed by atoms with Crippen molar-refractivity contribution < 1.29 is 22.4 Å². The van der Waals surface area contributed by atoms with Gasteiger partial charge in [0, 0.05) is 32.7 Å². The van der Waals surface area contributed by atoms with Gasteiger partial charge in [-0.1, -0.05) is 43.7 Å². The number of nitrogens with one attached hydrogen (secondary N) is 1. The van der Waals surface area contributed by atoms with Crippen molar-refractivity contribution in [1.82, 2.24) is 14.5 Å². The molecule has 0 saturated carbocycles. The lowest BCUT2D eigenvalue weighted by atomic mass is 10.1. The normalized spacial score (nSPS) is 12.3. The highest BCUT2D eigenvalue weighted by molar-refractivity contribution is 7.90. The summed E-state index contributed by atoms with van der Waals surface area (Å²) in [5.74, 6) is -1.52. The van der Waals surface area contributed by atoms with Crippen molar-refractivity contribution in [3.8, 4) is 0 Å². The SMILES string of the molecule is CCCCNC(=O)[C@@H](C)N(Cc1ccccc1F)C(=O)CN(c1cc(C)ccc1C)S(=O)(=O)N(C)C. The van der Waals surface area contributed by atoms with Gasteiger partial charge >= 0.3 is 10.2 Å². The van der Waals surface area contributed by atoms with E-state index in [2.05, 4.69) is 5.32 Å². The Morgan fingerprint density at radius 2 is 1.75 bits per heavy atom. The number of amides is 2. The Hall–Kier alpha value is -2.98. The molecule has 0 bridgehead atoms. The van der Waals surface area contributed by atoms with Crippen molar-refractivity contribution >= 4 is 27.7 Å². The highest BCUT2D eigenvalue weighted by Gasteiger charge is 2.33. The van der Waals surface area contributed by atoms with Crippen LogP contribution in [0.3, 0.4) is 0 Å². The van der Waals surface area contributed by atoms with Crippen molar-refractivity contribution in [2.45, 2.75) is 53.1 Å². The molecule has 2 rings (SSSR count). The van der Waals surface area contributed by atoms with Gasteiger partial charge in [-0.15, -0.1) is 0 Å². The van der Waals surface area contributed by atoms with E-state index in [4.69, 9.17) is 0 Å². The number of unbranched alkanes of at least 4 members (excludes halogenated alkanes) is 1. The maximum absolute atomic E-state index is 14.5. The Bertz CT molecular complexity index is 1170. The molecule has 2 amide bonds. The predicted molar refractivity (Wildman–Crippen MR) is 140 cm³/mol. The number of carbonyl (C=O) groups excluding carboxylic acids is 2. The van der Waals surface area contributed by atoms with Gasteiger partial charge in [0.05, 0.1) is 5.69 Å². The molecule has 0 spiro atoms. The van der Waals surface area contributed by atoms with Crippen LogP contribution in [-0.4, -0.2) is 62.7 Å². The molecule has 0 aliphatic carbocycles. The lowest BCUT2D eigenvalue weighted by Gasteiger charge is -2.33. The molecule has 10 heteroatoms. The molecule has 2 aromatic rings. The van der Waals surface area contributed by atoms with Crippen LogP contribution in [0.2, 0.25) is 0 Å². The summed E-state index contributed by atoms with van der Waals surface area (Å²) in [5.41, 5.74) is 2.09. The fraction of sp³-hybridized carbons (Fsp3) is 0.462. The fourth-order valence-electron chi connectivity index (χ4n) is 3.62. The van der Waals surface area contributed by atoms with E-state index in [9.17, 15) is 22.4 Å². The number of hydrogen-bond acceptors (Lipinski definition) is 4. The smallest absolute Gasteiger partial charge is 0.304 e. The lowest BCUT2D eigenvalue weighted by molar-refractivity contribution is -0.139. The molecule has 2 aromatic carbocycles. The summed E-state index contributed by atoms with van der Waals surface area (Å²) in [4.78, 5) is 27.8. The van der Waals surface area contributed by atoms with E-state index in [0.717, 1.165) is 27.0 Å². The molecule has 0 saturated heterocycles. The minimum absolute atomic E-state index is 0.184. The second-order valence-corrected chi connectivity index (χ2v) is 11.1. The van der Waals surface area contributed by atoms with E-state index < -0.39 is 34.5 Å². The van der Waals surface area contributed by atoms with E-state index >= 15 is 0 Å². The highest BCUT2D eigenvalue weighted by Crippen LogP contribution is 2.26. The van der Waals surface area contributed by atoms with E-state index in [1.807, 2.05) is 19.9 Å². The largest absolute Gasteiger partial charge is 0.354 e. The molecular formula is C26H37FN4O4S. The van der Waals surface area contributed by atoms with Gasteiger partial charge in [0.25, 0.3) is 0 Å². The Labute approximate surface area is 214 Å². The van der Waals surface area contributed by atoms with Crippen LogP contribution in [0.1, 0.15) is 43.4 Å². The molecule has 8 nitrogen and oxygen atoms in total. The van der Waals surface area contributed by atoms with Crippen LogP contribution in [0, 0.1) is 19.7 Å². The van der Waals surface area contributed by atoms with Crippen molar-refractivity contribution in [3.05, 3.63) is 65.0 Å². The summed E-state index contributed by atoms with van der Waals surface area (Å²) in [5, 5.41) is 2.80. The van der Waals surface area contributed by atoms with Crippen LogP contribution in [-0.2, 0) is 26.3 Å². The summed E-state index contributed by atoms with van der Waals surface area (Å²) in [7, 11) is -1.28. The zero-order valence-electron chi connectivity index (χ0n) is 21.9. The van der Waals surface area contributed by atoms with Crippen LogP contribution in [0.25, 0.3) is 0 Å². The third-order valence-corrected chi connectivity index (χ3v) is 7.75. The summed E-state index contributed by atoms with van der Waals surface area (Å²) in [6, 6.07) is 10.4. The van der Waals surface area contributed by atoms with Crippen molar-refractivity contribution in [3.63, 3.8) is 0 Å². The maximum atomic E-state index is 14.5. The Balaban J connectivity index is 2.48. The zero-order chi connectivity index (χ0) is 27.0. The highest BCUT2D eigenvalue weighted by atomic mass is 32.2. The first-order chi connectivity index (χ1) is 16.9. The van der Waals surface area contributed by atoms with Crippen molar-refractivity contribution in [2.24, 2.45) is 0 Å². The van der Waals surface area contributed by atoms with Crippen LogP contribution in [0.4, 0.5) is 10.1 Å². The van der Waals surface area contributed by atoms with Crippen molar-refractivity contribution in [1.29, 1.82) is 0 Å². The Kier molecular flexibility index (Phi) is 10.4. The van der Waals surface area contributed by atoms with E-state index in [-0.39, 0.29) is 18.0 Å². The van der Waals surface area contributed by atoms with Gasteiger partial charge in [0.2, 0.25) is 11.8 Å². The average Bonchev–Trinajstić information content (AvgIpc) is 2.83. The molecule has 0 heterocycles. The van der Waals surface area contributed by atoms with Crippen molar-refractivity contribution in [2.75, 3.05) is 31.5 Å². The second kappa shape index (κ2) is 12.8. The first-order valence-corrected chi connectivity index (χ1v) is 13.4. The molecule has 0 aliphatic rings. The molecule has 0 aromatic heterocycles. The summed E-state index contributed by atoms with van der Waals surface area (Å²) in [6.07, 6.45) is 1.67. The molecule has 1 N–H and O–H groups in total. The molecule has 36 heavy (non-hydrogen) atoms. The van der Waals surface area contributed by atoms with Gasteiger partial charge in [0.1, 0.15) is 18.4 Å².